The van der Waals surface area contributed by atoms with E-state index in [0.717, 1.165) is 0 Å². The van der Waals surface area contributed by atoms with Crippen molar-refractivity contribution in [3.05, 3.63) is 12.0 Å². The number of rotatable bonds is 1. The monoisotopic (exact) mass is 142 g/mol. The number of carboxylic acids is 1. The minimum absolute atomic E-state index is 0.317. The van der Waals surface area contributed by atoms with E-state index >= 15 is 0 Å². The highest BCUT2D eigenvalue weighted by Crippen LogP contribution is 2.12. The van der Waals surface area contributed by atoms with E-state index in [0.29, 0.717) is 0 Å². The fourth-order valence-electron chi connectivity index (χ4n) is 0.575. The van der Waals surface area contributed by atoms with E-state index in [-0.39, 0.29) is 11.6 Å². The van der Waals surface area contributed by atoms with Crippen molar-refractivity contribution in [1.29, 1.82) is 0 Å². The Morgan fingerprint density at radius 1 is 1.80 bits per heavy atom. The molecule has 0 unspecified atom stereocenters. The highest BCUT2D eigenvalue weighted by molar-refractivity contribution is 5.87. The first kappa shape index (κ1) is 6.60. The second-order valence-corrected chi connectivity index (χ2v) is 1.83. The van der Waals surface area contributed by atoms with Crippen LogP contribution in [0.5, 0.6) is 5.88 Å². The summed E-state index contributed by atoms with van der Waals surface area (Å²) in [5.41, 5.74) is -0.317. The number of hydrogen-bond donors (Lipinski definition) is 2. The molecule has 0 saturated heterocycles. The molecular formula is C5H6N2O3. The third kappa shape index (κ3) is 0.812. The average Bonchev–Trinajstić information content (AvgIpc) is 2.14. The summed E-state index contributed by atoms with van der Waals surface area (Å²) >= 11 is 0. The largest absolute Gasteiger partial charge is 0.493 e. The number of carboxylic acid groups (broad SMARTS) is 1. The number of imidazole rings is 1. The molecule has 1 heterocycles. The lowest BCUT2D eigenvalue weighted by Gasteiger charge is -1.90. The number of aromatic hydroxyl groups is 1. The third-order valence-electron chi connectivity index (χ3n) is 1.11. The first-order valence-corrected chi connectivity index (χ1v) is 2.56. The SMILES string of the molecule is Cn1cnc(C(=O)O)c1O. The molecular weight excluding hydrogens is 136 g/mol. The topological polar surface area (TPSA) is 75.4 Å². The van der Waals surface area contributed by atoms with Crippen molar-refractivity contribution in [3.8, 4) is 5.88 Å². The average molecular weight is 142 g/mol. The van der Waals surface area contributed by atoms with Gasteiger partial charge in [-0.15, -0.1) is 0 Å². The fraction of sp³-hybridized carbons (Fsp3) is 0.200. The first-order chi connectivity index (χ1) is 4.63. The molecule has 10 heavy (non-hydrogen) atoms. The highest BCUT2D eigenvalue weighted by atomic mass is 16.4. The standard InChI is InChI=1S/C5H6N2O3/c1-7-2-6-3(4(7)8)5(9)10/h2,8H,1H3,(H,9,10). The predicted molar refractivity (Wildman–Crippen MR) is 31.8 cm³/mol. The Kier molecular flexibility index (Phi) is 1.33. The fourth-order valence-corrected chi connectivity index (χ4v) is 0.575. The summed E-state index contributed by atoms with van der Waals surface area (Å²) in [6.45, 7) is 0. The second-order valence-electron chi connectivity index (χ2n) is 1.83. The maximum Gasteiger partial charge on any atom is 0.360 e. The lowest BCUT2D eigenvalue weighted by atomic mass is 10.5. The van der Waals surface area contributed by atoms with Gasteiger partial charge in [-0.3, -0.25) is 0 Å². The predicted octanol–water partition coefficient (Wildman–Crippen LogP) is -0.176. The molecule has 0 bridgehead atoms. The second kappa shape index (κ2) is 2.02. The quantitative estimate of drug-likeness (QED) is 0.570. The van der Waals surface area contributed by atoms with E-state index in [1.54, 1.807) is 0 Å². The Morgan fingerprint density at radius 2 is 2.40 bits per heavy atom. The zero-order chi connectivity index (χ0) is 7.72. The molecule has 0 aliphatic heterocycles. The van der Waals surface area contributed by atoms with Gasteiger partial charge in [0.1, 0.15) is 0 Å². The van der Waals surface area contributed by atoms with E-state index in [9.17, 15) is 4.79 Å². The van der Waals surface area contributed by atoms with E-state index in [4.69, 9.17) is 10.2 Å². The summed E-state index contributed by atoms with van der Waals surface area (Å²) in [5, 5.41) is 17.3. The van der Waals surface area contributed by atoms with Crippen LogP contribution in [0.2, 0.25) is 0 Å². The summed E-state index contributed by atoms with van der Waals surface area (Å²) in [6.07, 6.45) is 1.23. The minimum atomic E-state index is -1.22. The number of carbonyl (C=O) groups is 1. The van der Waals surface area contributed by atoms with Crippen molar-refractivity contribution in [2.24, 2.45) is 7.05 Å². The molecule has 0 aromatic carbocycles. The summed E-state index contributed by atoms with van der Waals surface area (Å²) < 4.78 is 1.23. The molecule has 5 nitrogen and oxygen atoms in total. The molecule has 0 saturated carbocycles. The Morgan fingerprint density at radius 3 is 2.60 bits per heavy atom. The Balaban J connectivity index is 3.17. The molecule has 0 spiro atoms. The van der Waals surface area contributed by atoms with Gasteiger partial charge >= 0.3 is 5.97 Å². The van der Waals surface area contributed by atoms with Crippen LogP contribution < -0.4 is 0 Å². The van der Waals surface area contributed by atoms with Crippen molar-refractivity contribution in [3.63, 3.8) is 0 Å². The smallest absolute Gasteiger partial charge is 0.360 e. The lowest BCUT2D eigenvalue weighted by molar-refractivity contribution is 0.0687. The van der Waals surface area contributed by atoms with Gasteiger partial charge in [-0.05, 0) is 0 Å². The number of nitrogens with zero attached hydrogens (tertiary/aromatic N) is 2. The number of aryl methyl sites for hydroxylation is 1. The first-order valence-electron chi connectivity index (χ1n) is 2.56. The van der Waals surface area contributed by atoms with Gasteiger partial charge in [0.2, 0.25) is 11.6 Å². The Labute approximate surface area is 56.6 Å². The van der Waals surface area contributed by atoms with Gasteiger partial charge in [0.25, 0.3) is 0 Å². The van der Waals surface area contributed by atoms with Crippen LogP contribution in [0, 0.1) is 0 Å². The zero-order valence-electron chi connectivity index (χ0n) is 5.27. The van der Waals surface area contributed by atoms with Crippen molar-refractivity contribution < 1.29 is 15.0 Å². The van der Waals surface area contributed by atoms with Crippen LogP contribution in [-0.2, 0) is 7.05 Å². The van der Waals surface area contributed by atoms with E-state index in [1.807, 2.05) is 0 Å². The van der Waals surface area contributed by atoms with Gasteiger partial charge in [-0.1, -0.05) is 0 Å². The van der Waals surface area contributed by atoms with Crippen LogP contribution in [0.3, 0.4) is 0 Å². The Bertz CT molecular complexity index is 266. The molecule has 0 aliphatic rings. The minimum Gasteiger partial charge on any atom is -0.493 e. The van der Waals surface area contributed by atoms with E-state index in [2.05, 4.69) is 4.98 Å². The molecule has 0 radical (unpaired) electrons. The number of aromatic carboxylic acids is 1. The van der Waals surface area contributed by atoms with Gasteiger partial charge in [0, 0.05) is 7.05 Å². The molecule has 0 aliphatic carbocycles. The number of aromatic nitrogens is 2. The number of hydrogen-bond acceptors (Lipinski definition) is 3. The molecule has 1 aromatic rings. The van der Waals surface area contributed by atoms with Gasteiger partial charge < -0.3 is 14.8 Å². The van der Waals surface area contributed by atoms with Crippen LogP contribution in [0.1, 0.15) is 10.5 Å². The summed E-state index contributed by atoms with van der Waals surface area (Å²) in [6, 6.07) is 0. The molecule has 2 N–H and O–H groups in total. The summed E-state index contributed by atoms with van der Waals surface area (Å²) in [5.74, 6) is -1.55. The molecule has 0 atom stereocenters. The normalized spacial score (nSPS) is 9.70. The van der Waals surface area contributed by atoms with Gasteiger partial charge in [0.05, 0.1) is 6.33 Å². The van der Waals surface area contributed by atoms with E-state index in [1.165, 1.54) is 17.9 Å². The van der Waals surface area contributed by atoms with Crippen LogP contribution >= 0.6 is 0 Å². The molecule has 5 heteroatoms. The Hall–Kier alpha value is -1.52. The summed E-state index contributed by atoms with van der Waals surface area (Å²) in [4.78, 5) is 13.6. The van der Waals surface area contributed by atoms with Crippen LogP contribution in [0.4, 0.5) is 0 Å². The van der Waals surface area contributed by atoms with Crippen molar-refractivity contribution >= 4 is 5.97 Å². The molecule has 0 amide bonds. The van der Waals surface area contributed by atoms with Crippen LogP contribution in [-0.4, -0.2) is 25.7 Å². The molecule has 1 rings (SSSR count). The third-order valence-corrected chi connectivity index (χ3v) is 1.11. The summed E-state index contributed by atoms with van der Waals surface area (Å²) in [7, 11) is 1.51. The van der Waals surface area contributed by atoms with Gasteiger partial charge in [0.15, 0.2) is 0 Å². The van der Waals surface area contributed by atoms with Gasteiger partial charge in [-0.25, -0.2) is 9.78 Å². The molecule has 0 fully saturated rings. The van der Waals surface area contributed by atoms with Crippen molar-refractivity contribution in [2.45, 2.75) is 0 Å². The lowest BCUT2D eigenvalue weighted by Crippen LogP contribution is -1.96. The molecule has 1 aromatic heterocycles. The molecule has 54 valence electrons. The highest BCUT2D eigenvalue weighted by Gasteiger charge is 2.13. The van der Waals surface area contributed by atoms with Crippen LogP contribution in [0.15, 0.2) is 6.33 Å². The van der Waals surface area contributed by atoms with Crippen molar-refractivity contribution in [1.82, 2.24) is 9.55 Å². The van der Waals surface area contributed by atoms with Crippen molar-refractivity contribution in [2.75, 3.05) is 0 Å². The van der Waals surface area contributed by atoms with E-state index < -0.39 is 5.97 Å². The maximum atomic E-state index is 10.2. The van der Waals surface area contributed by atoms with Crippen LogP contribution in [0.25, 0.3) is 0 Å². The zero-order valence-corrected chi connectivity index (χ0v) is 5.27. The van der Waals surface area contributed by atoms with Gasteiger partial charge in [-0.2, -0.15) is 0 Å². The maximum absolute atomic E-state index is 10.2.